The number of amides is 1. The molecule has 148 valence electrons. The summed E-state index contributed by atoms with van der Waals surface area (Å²) in [7, 11) is -3.92. The van der Waals surface area contributed by atoms with Crippen molar-refractivity contribution in [3.63, 3.8) is 0 Å². The zero-order valence-corrected chi connectivity index (χ0v) is 17.0. The van der Waals surface area contributed by atoms with Gasteiger partial charge in [-0.3, -0.25) is 14.3 Å². The number of benzene rings is 2. The number of sulfonamides is 1. The fraction of sp³-hybridized carbons (Fsp3) is 0.300. The first-order valence-electron chi connectivity index (χ1n) is 8.73. The molecule has 1 N–H and O–H groups in total. The second kappa shape index (κ2) is 6.94. The lowest BCUT2D eigenvalue weighted by molar-refractivity contribution is -0.117. The van der Waals surface area contributed by atoms with Crippen LogP contribution in [0, 0.1) is 0 Å². The van der Waals surface area contributed by atoms with E-state index in [9.17, 15) is 18.0 Å². The molecule has 0 fully saturated rings. The van der Waals surface area contributed by atoms with Crippen LogP contribution < -0.4 is 14.4 Å². The van der Waals surface area contributed by atoms with Crippen LogP contribution in [0.3, 0.4) is 0 Å². The van der Waals surface area contributed by atoms with Crippen molar-refractivity contribution in [2.45, 2.75) is 38.2 Å². The van der Waals surface area contributed by atoms with Crippen LogP contribution >= 0.6 is 0 Å². The summed E-state index contributed by atoms with van der Waals surface area (Å²) in [4.78, 5) is 25.1. The summed E-state index contributed by atoms with van der Waals surface area (Å²) in [6.45, 7) is 6.87. The van der Waals surface area contributed by atoms with Crippen molar-refractivity contribution in [3.05, 3.63) is 48.0 Å². The van der Waals surface area contributed by atoms with E-state index >= 15 is 0 Å². The van der Waals surface area contributed by atoms with Crippen LogP contribution in [0.1, 0.15) is 38.1 Å². The fourth-order valence-electron chi connectivity index (χ4n) is 3.05. The Kier molecular flexibility index (Phi) is 4.93. The molecule has 2 aromatic carbocycles. The van der Waals surface area contributed by atoms with Crippen LogP contribution in [-0.4, -0.2) is 32.3 Å². The van der Waals surface area contributed by atoms with Gasteiger partial charge < -0.3 is 9.64 Å². The Morgan fingerprint density at radius 3 is 2.46 bits per heavy atom. The minimum atomic E-state index is -3.92. The Hall–Kier alpha value is -2.87. The van der Waals surface area contributed by atoms with Crippen LogP contribution in [0.2, 0.25) is 0 Å². The summed E-state index contributed by atoms with van der Waals surface area (Å²) in [5.74, 6) is 0.0879. The van der Waals surface area contributed by atoms with Gasteiger partial charge in [0.2, 0.25) is 5.91 Å². The van der Waals surface area contributed by atoms with E-state index in [-0.39, 0.29) is 22.3 Å². The highest BCUT2D eigenvalue weighted by atomic mass is 32.2. The number of fused-ring (bicyclic) bond motifs is 1. The number of carbonyl (C=O) groups excluding carboxylic acids is 2. The van der Waals surface area contributed by atoms with Gasteiger partial charge in [0.05, 0.1) is 17.1 Å². The Morgan fingerprint density at radius 1 is 1.11 bits per heavy atom. The van der Waals surface area contributed by atoms with Gasteiger partial charge >= 0.3 is 0 Å². The quantitative estimate of drug-likeness (QED) is 0.793. The number of anilines is 2. The summed E-state index contributed by atoms with van der Waals surface area (Å²) < 4.78 is 34.0. The van der Waals surface area contributed by atoms with Crippen molar-refractivity contribution < 1.29 is 22.7 Å². The molecule has 1 amide bonds. The highest BCUT2D eigenvalue weighted by Crippen LogP contribution is 2.38. The van der Waals surface area contributed by atoms with Crippen LogP contribution in [-0.2, 0) is 14.8 Å². The second-order valence-corrected chi connectivity index (χ2v) is 9.02. The maximum absolute atomic E-state index is 12.8. The van der Waals surface area contributed by atoms with Crippen molar-refractivity contribution in [1.82, 2.24) is 0 Å². The van der Waals surface area contributed by atoms with Crippen molar-refractivity contribution in [2.75, 3.05) is 16.2 Å². The smallest absolute Gasteiger partial charge is 0.261 e. The molecule has 0 atom stereocenters. The Morgan fingerprint density at radius 2 is 1.82 bits per heavy atom. The average molecular weight is 402 g/mol. The summed E-state index contributed by atoms with van der Waals surface area (Å²) in [5.41, 5.74) is 0.521. The highest BCUT2D eigenvalue weighted by Gasteiger charge is 2.34. The molecule has 8 heteroatoms. The summed E-state index contributed by atoms with van der Waals surface area (Å²) >= 11 is 0. The van der Waals surface area contributed by atoms with E-state index in [1.165, 1.54) is 36.9 Å². The normalized spacial score (nSPS) is 15.4. The van der Waals surface area contributed by atoms with E-state index in [1.54, 1.807) is 24.3 Å². The van der Waals surface area contributed by atoms with Gasteiger partial charge in [0.1, 0.15) is 11.4 Å². The first kappa shape index (κ1) is 19.9. The van der Waals surface area contributed by atoms with Gasteiger partial charge in [-0.15, -0.1) is 0 Å². The van der Waals surface area contributed by atoms with Gasteiger partial charge in [0.15, 0.2) is 5.78 Å². The molecule has 2 aromatic rings. The minimum Gasteiger partial charge on any atom is -0.484 e. The molecule has 1 aliphatic heterocycles. The fourth-order valence-corrected chi connectivity index (χ4v) is 4.12. The van der Waals surface area contributed by atoms with Gasteiger partial charge in [-0.05, 0) is 51.1 Å². The number of nitrogens with one attached hydrogen (secondary N) is 1. The van der Waals surface area contributed by atoms with E-state index in [0.29, 0.717) is 23.5 Å². The van der Waals surface area contributed by atoms with Crippen LogP contribution in [0.4, 0.5) is 11.4 Å². The third kappa shape index (κ3) is 4.01. The number of ketones is 1. The van der Waals surface area contributed by atoms with E-state index in [0.717, 1.165) is 0 Å². The average Bonchev–Trinajstić information content (AvgIpc) is 2.59. The van der Waals surface area contributed by atoms with Crippen LogP contribution in [0.5, 0.6) is 5.75 Å². The second-order valence-electron chi connectivity index (χ2n) is 7.34. The largest absolute Gasteiger partial charge is 0.484 e. The van der Waals surface area contributed by atoms with Gasteiger partial charge in [-0.2, -0.15) is 0 Å². The number of Topliss-reactive ketones (excluding diaryl/α,β-unsaturated/α-hetero) is 1. The molecule has 0 radical (unpaired) electrons. The zero-order chi connectivity index (χ0) is 20.7. The SMILES string of the molecule is CC(=O)c1cccc(NS(=O)(=O)c2ccc3c(c2)N(C(C)=O)CC(C)(C)O3)c1. The minimum absolute atomic E-state index is 0.00552. The molecule has 0 unspecified atom stereocenters. The summed E-state index contributed by atoms with van der Waals surface area (Å²) in [6.07, 6.45) is 0. The Balaban J connectivity index is 1.98. The maximum Gasteiger partial charge on any atom is 0.261 e. The van der Waals surface area contributed by atoms with Crippen molar-refractivity contribution in [3.8, 4) is 5.75 Å². The molecule has 28 heavy (non-hydrogen) atoms. The van der Waals surface area contributed by atoms with Gasteiger partial charge in [0, 0.05) is 18.2 Å². The Labute approximate surface area is 164 Å². The van der Waals surface area contributed by atoms with Gasteiger partial charge in [0.25, 0.3) is 10.0 Å². The zero-order valence-electron chi connectivity index (χ0n) is 16.1. The molecule has 3 rings (SSSR count). The first-order valence-corrected chi connectivity index (χ1v) is 10.2. The molecule has 0 aliphatic carbocycles. The molecular weight excluding hydrogens is 380 g/mol. The highest BCUT2D eigenvalue weighted by molar-refractivity contribution is 7.92. The molecular formula is C20H22N2O5S. The number of hydrogen-bond donors (Lipinski definition) is 1. The first-order chi connectivity index (χ1) is 13.0. The molecule has 0 bridgehead atoms. The third-order valence-electron chi connectivity index (χ3n) is 4.36. The maximum atomic E-state index is 12.8. The number of nitrogens with zero attached hydrogens (tertiary/aromatic N) is 1. The summed E-state index contributed by atoms with van der Waals surface area (Å²) in [5, 5.41) is 0. The van der Waals surface area contributed by atoms with Gasteiger partial charge in [-0.25, -0.2) is 8.42 Å². The predicted molar refractivity (Wildman–Crippen MR) is 106 cm³/mol. The lowest BCUT2D eigenvalue weighted by atomic mass is 10.1. The Bertz CT molecular complexity index is 1060. The molecule has 0 saturated carbocycles. The van der Waals surface area contributed by atoms with E-state index in [2.05, 4.69) is 4.72 Å². The molecule has 7 nitrogen and oxygen atoms in total. The van der Waals surface area contributed by atoms with Crippen molar-refractivity contribution in [2.24, 2.45) is 0 Å². The number of carbonyl (C=O) groups is 2. The monoisotopic (exact) mass is 402 g/mol. The number of rotatable bonds is 4. The number of ether oxygens (including phenoxy) is 1. The van der Waals surface area contributed by atoms with Crippen molar-refractivity contribution in [1.29, 1.82) is 0 Å². The molecule has 1 heterocycles. The molecule has 0 aromatic heterocycles. The van der Waals surface area contributed by atoms with E-state index in [1.807, 2.05) is 13.8 Å². The lowest BCUT2D eigenvalue weighted by Crippen LogP contribution is -2.48. The van der Waals surface area contributed by atoms with Crippen molar-refractivity contribution >= 4 is 33.1 Å². The topological polar surface area (TPSA) is 92.8 Å². The van der Waals surface area contributed by atoms with E-state index < -0.39 is 15.6 Å². The van der Waals surface area contributed by atoms with Gasteiger partial charge in [-0.1, -0.05) is 12.1 Å². The van der Waals surface area contributed by atoms with Crippen LogP contribution in [0.15, 0.2) is 47.4 Å². The summed E-state index contributed by atoms with van der Waals surface area (Å²) in [6, 6.07) is 10.7. The predicted octanol–water partition coefficient (Wildman–Crippen LogP) is 3.21. The molecule has 0 spiro atoms. The van der Waals surface area contributed by atoms with Crippen LogP contribution in [0.25, 0.3) is 0 Å². The van der Waals surface area contributed by atoms with E-state index in [4.69, 9.17) is 4.74 Å². The molecule has 0 saturated heterocycles. The molecule has 1 aliphatic rings. The lowest BCUT2D eigenvalue weighted by Gasteiger charge is -2.39. The number of hydrogen-bond acceptors (Lipinski definition) is 5. The standard InChI is InChI=1S/C20H22N2O5S/c1-13(23)15-6-5-7-16(10-15)21-28(25,26)17-8-9-19-18(11-17)22(14(2)24)12-20(3,4)27-19/h5-11,21H,12H2,1-4H3. The third-order valence-corrected chi connectivity index (χ3v) is 5.74.